The number of methoxy groups -OCH3 is 1. The Morgan fingerprint density at radius 2 is 1.70 bits per heavy atom. The second-order valence-electron chi connectivity index (χ2n) is 8.41. The van der Waals surface area contributed by atoms with Crippen LogP contribution >= 0.6 is 0 Å². The van der Waals surface area contributed by atoms with Crippen molar-refractivity contribution in [1.82, 2.24) is 19.8 Å². The molecule has 2 aromatic heterocycles. The molecule has 10 nitrogen and oxygen atoms in total. The summed E-state index contributed by atoms with van der Waals surface area (Å²) < 4.78 is 76.4. The van der Waals surface area contributed by atoms with Gasteiger partial charge in [-0.2, -0.15) is 31.4 Å². The third-order valence-corrected chi connectivity index (χ3v) is 5.36. The number of hydrogen-bond acceptors (Lipinski definition) is 7. The number of halogens is 6. The van der Waals surface area contributed by atoms with Gasteiger partial charge in [0.05, 0.1) is 30.2 Å². The van der Waals surface area contributed by atoms with Crippen LogP contribution < -0.4 is 0 Å². The zero-order valence-electron chi connectivity index (χ0n) is 19.8. The van der Waals surface area contributed by atoms with Crippen LogP contribution in [-0.4, -0.2) is 74.6 Å². The molecule has 1 aliphatic heterocycles. The molecule has 2 aliphatic rings. The number of carboxylic acids is 2. The number of hydrogen-bond donors (Lipinski definition) is 2. The maximum Gasteiger partial charge on any atom is 0.490 e. The van der Waals surface area contributed by atoms with Gasteiger partial charge in [0.25, 0.3) is 0 Å². The van der Waals surface area contributed by atoms with E-state index in [0.717, 1.165) is 43.4 Å². The van der Waals surface area contributed by atoms with E-state index in [2.05, 4.69) is 26.0 Å². The molecule has 1 aliphatic carbocycles. The summed E-state index contributed by atoms with van der Waals surface area (Å²) in [5.41, 5.74) is 3.70. The van der Waals surface area contributed by atoms with Crippen LogP contribution in [0.5, 0.6) is 0 Å². The van der Waals surface area contributed by atoms with Crippen molar-refractivity contribution in [2.45, 2.75) is 57.7 Å². The van der Waals surface area contributed by atoms with Crippen molar-refractivity contribution in [1.29, 1.82) is 0 Å². The number of carboxylic acid groups (broad SMARTS) is 2. The van der Waals surface area contributed by atoms with Crippen molar-refractivity contribution in [3.05, 3.63) is 35.0 Å². The second-order valence-corrected chi connectivity index (χ2v) is 8.41. The van der Waals surface area contributed by atoms with Gasteiger partial charge in [-0.25, -0.2) is 9.59 Å². The summed E-state index contributed by atoms with van der Waals surface area (Å²) in [6.07, 6.45) is -4.40. The van der Waals surface area contributed by atoms with Crippen molar-refractivity contribution in [2.75, 3.05) is 20.3 Å². The van der Waals surface area contributed by atoms with Gasteiger partial charge in [-0.3, -0.25) is 9.58 Å². The molecular weight excluding hydrogens is 518 g/mol. The Balaban J connectivity index is 0.000000286. The van der Waals surface area contributed by atoms with E-state index in [9.17, 15) is 26.3 Å². The van der Waals surface area contributed by atoms with Gasteiger partial charge in [0.1, 0.15) is 5.76 Å². The minimum atomic E-state index is -5.08. The molecule has 1 unspecified atom stereocenters. The average molecular weight is 544 g/mol. The highest BCUT2D eigenvalue weighted by Crippen LogP contribution is 2.35. The van der Waals surface area contributed by atoms with Crippen LogP contribution in [0.1, 0.15) is 41.6 Å². The number of rotatable bonds is 6. The fourth-order valence-corrected chi connectivity index (χ4v) is 3.53. The van der Waals surface area contributed by atoms with Crippen molar-refractivity contribution in [3.8, 4) is 0 Å². The zero-order chi connectivity index (χ0) is 28.0. The molecule has 0 spiro atoms. The van der Waals surface area contributed by atoms with E-state index in [1.165, 1.54) is 24.1 Å². The predicted octanol–water partition coefficient (Wildman–Crippen LogP) is 3.60. The number of aromatic nitrogens is 3. The molecule has 1 saturated carbocycles. The molecule has 0 saturated heterocycles. The number of aliphatic carboxylic acids is 2. The van der Waals surface area contributed by atoms with Gasteiger partial charge < -0.3 is 19.5 Å². The first-order valence-electron chi connectivity index (χ1n) is 10.9. The lowest BCUT2D eigenvalue weighted by Gasteiger charge is -2.35. The molecule has 0 bridgehead atoms. The molecule has 0 amide bonds. The fraction of sp³-hybridized carbons (Fsp3) is 0.619. The lowest BCUT2D eigenvalue weighted by Crippen LogP contribution is -2.38. The normalized spacial score (nSPS) is 17.7. The molecule has 37 heavy (non-hydrogen) atoms. The van der Waals surface area contributed by atoms with Gasteiger partial charge >= 0.3 is 24.3 Å². The number of nitrogens with zero attached hydrogens (tertiary/aromatic N) is 4. The third-order valence-electron chi connectivity index (χ3n) is 5.36. The molecule has 2 aromatic rings. The lowest BCUT2D eigenvalue weighted by molar-refractivity contribution is -0.193. The van der Waals surface area contributed by atoms with Crippen molar-refractivity contribution in [3.63, 3.8) is 0 Å². The van der Waals surface area contributed by atoms with Crippen LogP contribution in [0, 0.1) is 12.8 Å². The first-order chi connectivity index (χ1) is 17.1. The zero-order valence-corrected chi connectivity index (χ0v) is 19.8. The summed E-state index contributed by atoms with van der Waals surface area (Å²) >= 11 is 0. The highest BCUT2D eigenvalue weighted by molar-refractivity contribution is 5.73. The van der Waals surface area contributed by atoms with Gasteiger partial charge in [0.15, 0.2) is 0 Å². The van der Waals surface area contributed by atoms with Crippen molar-refractivity contribution in [2.24, 2.45) is 5.92 Å². The largest absolute Gasteiger partial charge is 0.490 e. The van der Waals surface area contributed by atoms with Gasteiger partial charge in [-0.05, 0) is 37.7 Å². The van der Waals surface area contributed by atoms with Gasteiger partial charge in [0, 0.05) is 32.8 Å². The molecule has 0 aromatic carbocycles. The van der Waals surface area contributed by atoms with E-state index in [1.807, 2.05) is 13.0 Å². The maximum atomic E-state index is 10.6. The minimum absolute atomic E-state index is 0.238. The molecule has 1 atom stereocenters. The summed E-state index contributed by atoms with van der Waals surface area (Å²) in [5, 5.41) is 23.1. The molecular formula is C21H26F6N4O6. The molecule has 16 heteroatoms. The summed E-state index contributed by atoms with van der Waals surface area (Å²) in [5.74, 6) is -3.84. The minimum Gasteiger partial charge on any atom is -0.475 e. The van der Waals surface area contributed by atoms with E-state index >= 15 is 0 Å². The maximum absolute atomic E-state index is 10.6. The Morgan fingerprint density at radius 1 is 1.14 bits per heavy atom. The first kappa shape index (κ1) is 30.1. The smallest absolute Gasteiger partial charge is 0.475 e. The van der Waals surface area contributed by atoms with Crippen LogP contribution in [0.4, 0.5) is 26.3 Å². The van der Waals surface area contributed by atoms with Gasteiger partial charge in [-0.1, -0.05) is 5.16 Å². The lowest BCUT2D eigenvalue weighted by atomic mass is 9.99. The Morgan fingerprint density at radius 3 is 2.14 bits per heavy atom. The topological polar surface area (TPSA) is 131 Å². The first-order valence-corrected chi connectivity index (χ1v) is 10.9. The van der Waals surface area contributed by atoms with Crippen LogP contribution in [0.3, 0.4) is 0 Å². The summed E-state index contributed by atoms with van der Waals surface area (Å²) in [6, 6.07) is 2.25. The van der Waals surface area contributed by atoms with Crippen LogP contribution in [0.25, 0.3) is 0 Å². The van der Waals surface area contributed by atoms with Crippen LogP contribution in [0.15, 0.2) is 16.8 Å². The molecule has 0 radical (unpaired) electrons. The quantitative estimate of drug-likeness (QED) is 0.524. The van der Waals surface area contributed by atoms with E-state index in [-0.39, 0.29) is 6.04 Å². The average Bonchev–Trinajstić information content (AvgIpc) is 3.36. The highest BCUT2D eigenvalue weighted by Gasteiger charge is 2.39. The van der Waals surface area contributed by atoms with Crippen LogP contribution in [0.2, 0.25) is 0 Å². The van der Waals surface area contributed by atoms with Crippen molar-refractivity contribution >= 4 is 11.9 Å². The highest BCUT2D eigenvalue weighted by atomic mass is 19.4. The number of carbonyl (C=O) groups is 2. The molecule has 1 fully saturated rings. The molecule has 4 rings (SSSR count). The van der Waals surface area contributed by atoms with Gasteiger partial charge in [-0.15, -0.1) is 0 Å². The van der Waals surface area contributed by atoms with E-state index in [4.69, 9.17) is 29.1 Å². The standard InChI is InChI=1S/C17H24N4O2.2C2HF3O2/c1-12-7-15(19-23-12)10-20-6-5-14-8-18-21(9-13-3-4-13)17(14)16(20)11-22-2;2*3-2(4,5)1(6)7/h7-8,13,16H,3-6,9-11H2,1-2H3;2*(H,6,7). The Kier molecular flexibility index (Phi) is 10.1. The third kappa shape index (κ3) is 9.35. The summed E-state index contributed by atoms with van der Waals surface area (Å²) in [6.45, 7) is 5.45. The number of aryl methyl sites for hydroxylation is 1. The predicted molar refractivity (Wildman–Crippen MR) is 112 cm³/mol. The van der Waals surface area contributed by atoms with E-state index < -0.39 is 24.3 Å². The Bertz CT molecular complexity index is 1020. The van der Waals surface area contributed by atoms with Crippen molar-refractivity contribution < 1.29 is 55.4 Å². The Labute approximate surface area is 206 Å². The number of ether oxygens (including phenoxy) is 1. The fourth-order valence-electron chi connectivity index (χ4n) is 3.53. The Hall–Kier alpha value is -3.14. The summed E-state index contributed by atoms with van der Waals surface area (Å²) in [7, 11) is 1.77. The molecule has 2 N–H and O–H groups in total. The van der Waals surface area contributed by atoms with Crippen LogP contribution in [-0.2, 0) is 33.8 Å². The number of alkyl halides is 6. The van der Waals surface area contributed by atoms with E-state index in [0.29, 0.717) is 6.61 Å². The van der Waals surface area contributed by atoms with Gasteiger partial charge in [0.2, 0.25) is 0 Å². The van der Waals surface area contributed by atoms with E-state index in [1.54, 1.807) is 7.11 Å². The SMILES string of the molecule is COCC1c2c(cnn2CC2CC2)CCN1Cc1cc(C)on1.O=C(O)C(F)(F)F.O=C(O)C(F)(F)F. The second kappa shape index (κ2) is 12.4. The molecule has 3 heterocycles. The summed E-state index contributed by atoms with van der Waals surface area (Å²) in [4.78, 5) is 20.2. The monoisotopic (exact) mass is 544 g/mol. The molecule has 208 valence electrons. The number of fused-ring (bicyclic) bond motifs is 1.